The second kappa shape index (κ2) is 9.14. The van der Waals surface area contributed by atoms with E-state index in [1.54, 1.807) is 17.0 Å². The van der Waals surface area contributed by atoms with Gasteiger partial charge in [-0.2, -0.15) is 0 Å². The number of amides is 1. The average molecular weight is 447 g/mol. The van der Waals surface area contributed by atoms with E-state index in [-0.39, 0.29) is 11.7 Å². The average Bonchev–Trinajstić information content (AvgIpc) is 3.04. The Bertz CT molecular complexity index is 964. The second-order valence-electron chi connectivity index (χ2n) is 8.88. The summed E-state index contributed by atoms with van der Waals surface area (Å²) in [6, 6.07) is 10.0. The maximum atomic E-state index is 13.0. The Kier molecular flexibility index (Phi) is 6.47. The van der Waals surface area contributed by atoms with E-state index in [9.17, 15) is 18.0 Å². The molecule has 32 heavy (non-hydrogen) atoms. The van der Waals surface area contributed by atoms with Crippen molar-refractivity contribution in [1.82, 2.24) is 9.80 Å². The molecule has 0 aliphatic carbocycles. The smallest absolute Gasteiger partial charge is 0.406 e. The fourth-order valence-electron chi connectivity index (χ4n) is 4.91. The fraction of sp³-hybridized carbons (Fsp3) is 0.480. The highest BCUT2D eigenvalue weighted by Gasteiger charge is 2.32. The monoisotopic (exact) mass is 446 g/mol. The van der Waals surface area contributed by atoms with Crippen LogP contribution in [-0.2, 0) is 19.5 Å². The molecule has 4 nitrogen and oxygen atoms in total. The van der Waals surface area contributed by atoms with Crippen LogP contribution in [0.15, 0.2) is 36.4 Å². The van der Waals surface area contributed by atoms with Gasteiger partial charge in [0.1, 0.15) is 5.75 Å². The first-order chi connectivity index (χ1) is 15.2. The summed E-state index contributed by atoms with van der Waals surface area (Å²) in [4.78, 5) is 17.2. The van der Waals surface area contributed by atoms with Crippen LogP contribution in [0.2, 0.25) is 0 Å². The summed E-state index contributed by atoms with van der Waals surface area (Å²) in [7, 11) is 0. The van der Waals surface area contributed by atoms with Crippen molar-refractivity contribution in [1.29, 1.82) is 0 Å². The van der Waals surface area contributed by atoms with Gasteiger partial charge >= 0.3 is 6.36 Å². The number of hydrogen-bond donors (Lipinski definition) is 0. The molecule has 0 radical (unpaired) electrons. The lowest BCUT2D eigenvalue weighted by atomic mass is 9.88. The van der Waals surface area contributed by atoms with E-state index >= 15 is 0 Å². The van der Waals surface area contributed by atoms with E-state index in [0.717, 1.165) is 48.3 Å². The van der Waals surface area contributed by atoms with E-state index in [1.807, 2.05) is 6.92 Å². The van der Waals surface area contributed by atoms with Crippen LogP contribution in [0.25, 0.3) is 0 Å². The molecule has 1 amide bonds. The number of alkyl halides is 3. The number of ether oxygens (including phenoxy) is 1. The van der Waals surface area contributed by atoms with E-state index < -0.39 is 6.36 Å². The molecule has 0 atom stereocenters. The number of rotatable bonds is 6. The predicted octanol–water partition coefficient (Wildman–Crippen LogP) is 5.32. The zero-order chi connectivity index (χ0) is 22.9. The molecular weight excluding hydrogens is 417 g/mol. The zero-order valence-electron chi connectivity index (χ0n) is 18.5. The van der Waals surface area contributed by atoms with E-state index in [4.69, 9.17) is 0 Å². The molecule has 2 aliphatic heterocycles. The Hall–Kier alpha value is -2.54. The molecule has 1 fully saturated rings. The van der Waals surface area contributed by atoms with E-state index in [1.165, 1.54) is 30.5 Å². The van der Waals surface area contributed by atoms with Crippen molar-refractivity contribution in [3.8, 4) is 5.75 Å². The van der Waals surface area contributed by atoms with Crippen molar-refractivity contribution < 1.29 is 22.7 Å². The van der Waals surface area contributed by atoms with Gasteiger partial charge in [-0.3, -0.25) is 4.79 Å². The van der Waals surface area contributed by atoms with Crippen molar-refractivity contribution in [2.75, 3.05) is 19.6 Å². The normalized spacial score (nSPS) is 17.7. The third-order valence-electron chi connectivity index (χ3n) is 6.55. The summed E-state index contributed by atoms with van der Waals surface area (Å²) >= 11 is 0. The number of benzene rings is 2. The molecule has 0 saturated carbocycles. The first-order valence-corrected chi connectivity index (χ1v) is 11.2. The van der Waals surface area contributed by atoms with Crippen molar-refractivity contribution in [3.63, 3.8) is 0 Å². The molecule has 2 heterocycles. The zero-order valence-corrected chi connectivity index (χ0v) is 18.5. The van der Waals surface area contributed by atoms with Gasteiger partial charge in [0.15, 0.2) is 0 Å². The summed E-state index contributed by atoms with van der Waals surface area (Å²) in [6.45, 7) is 8.50. The largest absolute Gasteiger partial charge is 0.573 e. The molecule has 1 saturated heterocycles. The van der Waals surface area contributed by atoms with Gasteiger partial charge < -0.3 is 14.5 Å². The molecule has 0 spiro atoms. The Morgan fingerprint density at radius 3 is 2.38 bits per heavy atom. The maximum Gasteiger partial charge on any atom is 0.573 e. The summed E-state index contributed by atoms with van der Waals surface area (Å²) in [6.07, 6.45) is -1.25. The molecule has 7 heteroatoms. The lowest BCUT2D eigenvalue weighted by Crippen LogP contribution is -2.34. The van der Waals surface area contributed by atoms with Crippen molar-refractivity contribution in [2.24, 2.45) is 5.92 Å². The summed E-state index contributed by atoms with van der Waals surface area (Å²) < 4.78 is 41.0. The molecule has 0 aromatic heterocycles. The number of fused-ring (bicyclic) bond motifs is 1. The fourth-order valence-corrected chi connectivity index (χ4v) is 4.91. The highest BCUT2D eigenvalue weighted by atomic mass is 19.4. The van der Waals surface area contributed by atoms with Crippen LogP contribution in [0.3, 0.4) is 0 Å². The standard InChI is InChI=1S/C25H29F3N2O2/c1-3-29-10-8-18(9-11-29)13-20-12-17(2)23-21(14-20)16-30(24(23)31)15-19-4-6-22(7-5-19)32-25(26,27)28/h4-7,12,14,18H,3,8-11,13,15-16H2,1-2H3. The van der Waals surface area contributed by atoms with Gasteiger partial charge in [-0.05, 0) is 86.1 Å². The number of piperidine rings is 1. The van der Waals surface area contributed by atoms with Crippen LogP contribution in [0, 0.1) is 12.8 Å². The Morgan fingerprint density at radius 2 is 1.75 bits per heavy atom. The first-order valence-electron chi connectivity index (χ1n) is 11.2. The Morgan fingerprint density at radius 1 is 1.06 bits per heavy atom. The number of hydrogen-bond acceptors (Lipinski definition) is 3. The highest BCUT2D eigenvalue weighted by molar-refractivity contribution is 5.99. The van der Waals surface area contributed by atoms with Crippen molar-refractivity contribution in [3.05, 3.63) is 64.2 Å². The lowest BCUT2D eigenvalue weighted by Gasteiger charge is -2.31. The minimum atomic E-state index is -4.71. The van der Waals surface area contributed by atoms with Crippen LogP contribution in [-0.4, -0.2) is 41.7 Å². The van der Waals surface area contributed by atoms with Gasteiger partial charge in [0.25, 0.3) is 5.91 Å². The molecule has 0 N–H and O–H groups in total. The van der Waals surface area contributed by atoms with Gasteiger partial charge in [0, 0.05) is 18.7 Å². The Balaban J connectivity index is 1.41. The van der Waals surface area contributed by atoms with Gasteiger partial charge in [-0.1, -0.05) is 31.2 Å². The number of halogens is 3. The topological polar surface area (TPSA) is 32.8 Å². The summed E-state index contributed by atoms with van der Waals surface area (Å²) in [5.74, 6) is 0.402. The molecule has 0 bridgehead atoms. The summed E-state index contributed by atoms with van der Waals surface area (Å²) in [5.41, 5.74) is 4.88. The third-order valence-corrected chi connectivity index (χ3v) is 6.55. The second-order valence-corrected chi connectivity index (χ2v) is 8.88. The minimum Gasteiger partial charge on any atom is -0.406 e. The van der Waals surface area contributed by atoms with Crippen molar-refractivity contribution in [2.45, 2.75) is 52.6 Å². The number of carbonyl (C=O) groups is 1. The van der Waals surface area contributed by atoms with E-state index in [0.29, 0.717) is 19.0 Å². The molecule has 2 aliphatic rings. The highest BCUT2D eigenvalue weighted by Crippen LogP contribution is 2.31. The molecular formula is C25H29F3N2O2. The van der Waals surface area contributed by atoms with Crippen LogP contribution in [0.5, 0.6) is 5.75 Å². The Labute approximate surface area is 187 Å². The van der Waals surface area contributed by atoms with Crippen LogP contribution < -0.4 is 4.74 Å². The lowest BCUT2D eigenvalue weighted by molar-refractivity contribution is -0.274. The molecule has 2 aromatic rings. The minimum absolute atomic E-state index is 0.0177. The number of likely N-dealkylation sites (tertiary alicyclic amines) is 1. The SMILES string of the molecule is CCN1CCC(Cc2cc(C)c3c(c2)CN(Cc2ccc(OC(F)(F)F)cc2)C3=O)CC1. The molecule has 4 rings (SSSR count). The predicted molar refractivity (Wildman–Crippen MR) is 116 cm³/mol. The van der Waals surface area contributed by atoms with Gasteiger partial charge in [-0.25, -0.2) is 0 Å². The van der Waals surface area contributed by atoms with Crippen LogP contribution >= 0.6 is 0 Å². The number of nitrogens with zero attached hydrogens (tertiary/aromatic N) is 2. The van der Waals surface area contributed by atoms with Gasteiger partial charge in [0.2, 0.25) is 0 Å². The maximum absolute atomic E-state index is 13.0. The van der Waals surface area contributed by atoms with E-state index in [2.05, 4.69) is 28.7 Å². The van der Waals surface area contributed by atoms with Crippen molar-refractivity contribution >= 4 is 5.91 Å². The van der Waals surface area contributed by atoms with Gasteiger partial charge in [-0.15, -0.1) is 13.2 Å². The van der Waals surface area contributed by atoms with Crippen LogP contribution in [0.4, 0.5) is 13.2 Å². The van der Waals surface area contributed by atoms with Crippen LogP contribution in [0.1, 0.15) is 52.4 Å². The molecule has 2 aromatic carbocycles. The number of aryl methyl sites for hydroxylation is 1. The first kappa shape index (κ1) is 22.6. The third kappa shape index (κ3) is 5.26. The number of carbonyl (C=O) groups excluding carboxylic acids is 1. The molecule has 0 unspecified atom stereocenters. The van der Waals surface area contributed by atoms with Gasteiger partial charge in [0.05, 0.1) is 0 Å². The quantitative estimate of drug-likeness (QED) is 0.602. The summed E-state index contributed by atoms with van der Waals surface area (Å²) in [5, 5.41) is 0. The molecule has 172 valence electrons.